The highest BCUT2D eigenvalue weighted by Crippen LogP contribution is 2.38. The molecule has 3 saturated heterocycles. The lowest BCUT2D eigenvalue weighted by molar-refractivity contribution is -0.0539. The Labute approximate surface area is 170 Å². The molecule has 0 saturated carbocycles. The lowest BCUT2D eigenvalue weighted by Crippen LogP contribution is -2.51. The number of benzene rings is 2. The second-order valence-electron chi connectivity index (χ2n) is 7.99. The molecule has 28 heavy (non-hydrogen) atoms. The van der Waals surface area contributed by atoms with Crippen LogP contribution < -0.4 is 0 Å². The van der Waals surface area contributed by atoms with Crippen molar-refractivity contribution in [1.29, 1.82) is 0 Å². The molecule has 2 aromatic rings. The number of fused-ring (bicyclic) bond motifs is 3. The zero-order valence-corrected chi connectivity index (χ0v) is 17.1. The van der Waals surface area contributed by atoms with Crippen LogP contribution in [-0.2, 0) is 17.0 Å². The fraction of sp³-hybridized carbons (Fsp3) is 0.375. The van der Waals surface area contributed by atoms with E-state index >= 15 is 0 Å². The summed E-state index contributed by atoms with van der Waals surface area (Å²) < 4.78 is 9.15. The number of hydrogen-bond donors (Lipinski definition) is 0. The maximum atomic E-state index is 6.66. The highest BCUT2D eigenvalue weighted by molar-refractivity contribution is 8.12. The Kier molecular flexibility index (Phi) is 5.24. The van der Waals surface area contributed by atoms with Crippen LogP contribution in [-0.4, -0.2) is 40.3 Å². The van der Waals surface area contributed by atoms with Crippen molar-refractivity contribution in [3.05, 3.63) is 83.7 Å². The van der Waals surface area contributed by atoms with Gasteiger partial charge in [0.25, 0.3) is 0 Å². The largest absolute Gasteiger partial charge is 0.473 e. The molecule has 0 N–H and O–H groups in total. The normalized spacial score (nSPS) is 28.7. The van der Waals surface area contributed by atoms with E-state index in [2.05, 4.69) is 81.3 Å². The monoisotopic (exact) mass is 392 g/mol. The number of hydrogen-bond acceptors (Lipinski definition) is 3. The number of piperidine rings is 3. The highest BCUT2D eigenvalue weighted by atomic mass is 32.2. The third kappa shape index (κ3) is 3.89. The summed E-state index contributed by atoms with van der Waals surface area (Å²) in [7, 11) is 0.0242. The maximum absolute atomic E-state index is 6.66. The molecule has 2 aromatic carbocycles. The minimum absolute atomic E-state index is 0.0242. The summed E-state index contributed by atoms with van der Waals surface area (Å²) in [4.78, 5) is 2.56. The molecule has 3 nitrogen and oxygen atoms in total. The smallest absolute Gasteiger partial charge is 0.200 e. The molecule has 2 atom stereocenters. The van der Waals surface area contributed by atoms with E-state index in [0.29, 0.717) is 6.10 Å². The van der Waals surface area contributed by atoms with Crippen molar-refractivity contribution in [2.75, 3.05) is 19.6 Å². The van der Waals surface area contributed by atoms with Gasteiger partial charge in [0.05, 0.1) is 6.54 Å². The first-order chi connectivity index (χ1) is 13.8. The Morgan fingerprint density at radius 2 is 1.57 bits per heavy atom. The van der Waals surface area contributed by atoms with Crippen molar-refractivity contribution in [3.63, 3.8) is 0 Å². The van der Waals surface area contributed by atoms with Gasteiger partial charge in [-0.3, -0.25) is 9.21 Å². The molecule has 4 aliphatic rings. The SMILES string of the molecule is C1=C(OC2CN3CCC2CC3)N(Cc2ccccc2)S(Cc2ccccc2)=C1. The predicted octanol–water partition coefficient (Wildman–Crippen LogP) is 4.64. The highest BCUT2D eigenvalue weighted by Gasteiger charge is 2.37. The second-order valence-corrected chi connectivity index (χ2v) is 9.79. The average molecular weight is 393 g/mol. The van der Waals surface area contributed by atoms with Crippen molar-refractivity contribution in [3.8, 4) is 0 Å². The molecule has 4 heteroatoms. The van der Waals surface area contributed by atoms with Gasteiger partial charge < -0.3 is 4.74 Å². The van der Waals surface area contributed by atoms with Gasteiger partial charge in [-0.1, -0.05) is 71.3 Å². The van der Waals surface area contributed by atoms with Crippen LogP contribution in [0.15, 0.2) is 72.6 Å². The molecule has 2 unspecified atom stereocenters. The molecular formula is C24H28N2OS. The zero-order chi connectivity index (χ0) is 18.8. The minimum atomic E-state index is 0.0242. The van der Waals surface area contributed by atoms with Crippen LogP contribution in [0, 0.1) is 5.92 Å². The lowest BCUT2D eigenvalue weighted by atomic mass is 9.86. The topological polar surface area (TPSA) is 15.7 Å². The van der Waals surface area contributed by atoms with Gasteiger partial charge in [-0.25, -0.2) is 0 Å². The van der Waals surface area contributed by atoms with Gasteiger partial charge in [-0.05, 0) is 48.3 Å². The van der Waals surface area contributed by atoms with E-state index in [0.717, 1.165) is 30.6 Å². The van der Waals surface area contributed by atoms with Gasteiger partial charge in [0.1, 0.15) is 6.10 Å². The molecule has 0 aliphatic carbocycles. The molecule has 0 amide bonds. The van der Waals surface area contributed by atoms with Gasteiger partial charge in [-0.15, -0.1) is 0 Å². The molecule has 4 aliphatic heterocycles. The number of nitrogens with zero attached hydrogens (tertiary/aromatic N) is 2. The number of rotatable bonds is 6. The third-order valence-electron chi connectivity index (χ3n) is 6.09. The van der Waals surface area contributed by atoms with Gasteiger partial charge in [-0.2, -0.15) is 0 Å². The van der Waals surface area contributed by atoms with Crippen LogP contribution in [0.4, 0.5) is 0 Å². The average Bonchev–Trinajstić information content (AvgIpc) is 3.11. The Bertz CT molecular complexity index is 857. The Hall–Kier alpha value is -2.04. The zero-order valence-electron chi connectivity index (χ0n) is 16.2. The molecular weight excluding hydrogens is 364 g/mol. The van der Waals surface area contributed by atoms with Crippen LogP contribution in [0.1, 0.15) is 24.0 Å². The van der Waals surface area contributed by atoms with Crippen molar-refractivity contribution in [2.24, 2.45) is 5.92 Å². The van der Waals surface area contributed by atoms with Gasteiger partial charge >= 0.3 is 0 Å². The van der Waals surface area contributed by atoms with Gasteiger partial charge in [0, 0.05) is 18.4 Å². The summed E-state index contributed by atoms with van der Waals surface area (Å²) in [6.07, 6.45) is 5.15. The van der Waals surface area contributed by atoms with E-state index in [9.17, 15) is 0 Å². The van der Waals surface area contributed by atoms with Crippen LogP contribution >= 0.6 is 10.7 Å². The van der Waals surface area contributed by atoms with E-state index in [1.807, 2.05) is 0 Å². The molecule has 6 rings (SSSR count). The van der Waals surface area contributed by atoms with E-state index < -0.39 is 0 Å². The quantitative estimate of drug-likeness (QED) is 0.666. The van der Waals surface area contributed by atoms with E-state index in [4.69, 9.17) is 4.74 Å². The second kappa shape index (κ2) is 8.14. The minimum Gasteiger partial charge on any atom is -0.473 e. The van der Waals surface area contributed by atoms with E-state index in [1.165, 1.54) is 37.1 Å². The lowest BCUT2D eigenvalue weighted by Gasteiger charge is -2.45. The van der Waals surface area contributed by atoms with Crippen LogP contribution in [0.5, 0.6) is 0 Å². The summed E-state index contributed by atoms with van der Waals surface area (Å²) >= 11 is 0. The van der Waals surface area contributed by atoms with E-state index in [1.54, 1.807) is 0 Å². The molecule has 0 aromatic heterocycles. The summed E-state index contributed by atoms with van der Waals surface area (Å²) in [5.41, 5.74) is 2.73. The van der Waals surface area contributed by atoms with Crippen molar-refractivity contribution in [2.45, 2.75) is 31.2 Å². The first-order valence-corrected chi connectivity index (χ1v) is 11.8. The molecule has 0 radical (unpaired) electrons. The van der Waals surface area contributed by atoms with Crippen LogP contribution in [0.3, 0.4) is 0 Å². The standard InChI is InChI=1S/C24H28N2OS/c1-3-7-20(8-4-1)17-26-24(27-23-18-25-14-11-22(23)12-15-25)13-16-28(26)19-21-9-5-2-6-10-21/h1-10,13,16,22-23H,11-12,14-15,17-19H2. The number of allylic oxidation sites excluding steroid dienone is 1. The first kappa shape index (κ1) is 18.0. The van der Waals surface area contributed by atoms with Crippen molar-refractivity contribution >= 4 is 16.0 Å². The summed E-state index contributed by atoms with van der Waals surface area (Å²) in [5.74, 6) is 2.83. The first-order valence-electron chi connectivity index (χ1n) is 10.3. The fourth-order valence-corrected chi connectivity index (χ4v) is 6.34. The number of ether oxygens (including phenoxy) is 1. The molecule has 0 spiro atoms. The van der Waals surface area contributed by atoms with E-state index in [-0.39, 0.29) is 10.7 Å². The molecule has 4 heterocycles. The van der Waals surface area contributed by atoms with Gasteiger partial charge in [0.15, 0.2) is 5.88 Å². The fourth-order valence-electron chi connectivity index (χ4n) is 4.49. The molecule has 146 valence electrons. The molecule has 3 fully saturated rings. The Balaban J connectivity index is 1.34. The Morgan fingerprint density at radius 3 is 2.21 bits per heavy atom. The van der Waals surface area contributed by atoms with Crippen molar-refractivity contribution in [1.82, 2.24) is 9.21 Å². The third-order valence-corrected chi connectivity index (χ3v) is 8.05. The summed E-state index contributed by atoms with van der Waals surface area (Å²) in [6, 6.07) is 21.6. The summed E-state index contributed by atoms with van der Waals surface area (Å²) in [6.45, 7) is 4.50. The van der Waals surface area contributed by atoms with Crippen LogP contribution in [0.25, 0.3) is 0 Å². The molecule has 2 bridgehead atoms. The summed E-state index contributed by atoms with van der Waals surface area (Å²) in [5, 5.41) is 2.35. The van der Waals surface area contributed by atoms with Crippen molar-refractivity contribution < 1.29 is 4.74 Å². The predicted molar refractivity (Wildman–Crippen MR) is 118 cm³/mol. The van der Waals surface area contributed by atoms with Crippen LogP contribution in [0.2, 0.25) is 0 Å². The Morgan fingerprint density at radius 1 is 0.893 bits per heavy atom. The van der Waals surface area contributed by atoms with Gasteiger partial charge in [0.2, 0.25) is 0 Å². The maximum Gasteiger partial charge on any atom is 0.200 e.